The number of hydrogen-bond donors (Lipinski definition) is 0. The van der Waals surface area contributed by atoms with Crippen LogP contribution in [0.2, 0.25) is 0 Å². The third-order valence-corrected chi connectivity index (χ3v) is 7.25. The van der Waals surface area contributed by atoms with E-state index in [-0.39, 0.29) is 11.5 Å². The molecule has 33 heavy (non-hydrogen) atoms. The predicted octanol–water partition coefficient (Wildman–Crippen LogP) is 3.84. The molecular formula is C27H32N4O2. The second kappa shape index (κ2) is 9.48. The van der Waals surface area contributed by atoms with Gasteiger partial charge in [0.1, 0.15) is 5.69 Å². The van der Waals surface area contributed by atoms with Crippen molar-refractivity contribution in [3.63, 3.8) is 0 Å². The quantitative estimate of drug-likeness (QED) is 0.614. The zero-order valence-electron chi connectivity index (χ0n) is 19.4. The van der Waals surface area contributed by atoms with Crippen LogP contribution in [0, 0.1) is 6.92 Å². The number of aryl methyl sites for hydroxylation is 1. The van der Waals surface area contributed by atoms with Crippen LogP contribution in [0.1, 0.15) is 53.7 Å². The smallest absolute Gasteiger partial charge is 0.272 e. The number of amides is 1. The van der Waals surface area contributed by atoms with Gasteiger partial charge in [0.2, 0.25) is 0 Å². The lowest BCUT2D eigenvalue weighted by Crippen LogP contribution is -2.52. The standard InChI is InChI=1S/C27H32N4O2/c1-20-26(32)31(25-10-6-5-9-24(25)28-20)19-21-11-13-22(14-12-21)27(33)30-17-15-29(16-18-30)23-7-3-2-4-8-23/h5-6,9-14,23H,2-4,7-8,15-19H2,1H3. The largest absolute Gasteiger partial charge is 0.336 e. The number of hydrogen-bond acceptors (Lipinski definition) is 4. The molecule has 3 aromatic rings. The van der Waals surface area contributed by atoms with Crippen LogP contribution in [0.3, 0.4) is 0 Å². The molecule has 1 aromatic heterocycles. The molecule has 1 saturated heterocycles. The molecule has 1 amide bonds. The lowest BCUT2D eigenvalue weighted by atomic mass is 9.94. The van der Waals surface area contributed by atoms with Crippen molar-refractivity contribution in [3.8, 4) is 0 Å². The van der Waals surface area contributed by atoms with Crippen molar-refractivity contribution in [2.24, 2.45) is 0 Å². The van der Waals surface area contributed by atoms with Crippen molar-refractivity contribution in [2.45, 2.75) is 51.6 Å². The average molecular weight is 445 g/mol. The van der Waals surface area contributed by atoms with Gasteiger partial charge in [0, 0.05) is 37.8 Å². The van der Waals surface area contributed by atoms with Crippen LogP contribution in [0.5, 0.6) is 0 Å². The first-order valence-electron chi connectivity index (χ1n) is 12.2. The van der Waals surface area contributed by atoms with E-state index in [4.69, 9.17) is 0 Å². The molecule has 172 valence electrons. The van der Waals surface area contributed by atoms with Gasteiger partial charge in [0.05, 0.1) is 17.6 Å². The van der Waals surface area contributed by atoms with Crippen LogP contribution in [-0.2, 0) is 6.54 Å². The molecule has 0 unspecified atom stereocenters. The van der Waals surface area contributed by atoms with Crippen LogP contribution in [0.25, 0.3) is 11.0 Å². The van der Waals surface area contributed by atoms with E-state index in [1.165, 1.54) is 32.1 Å². The number of benzene rings is 2. The monoisotopic (exact) mass is 444 g/mol. The summed E-state index contributed by atoms with van der Waals surface area (Å²) in [7, 11) is 0. The van der Waals surface area contributed by atoms with Crippen molar-refractivity contribution in [1.29, 1.82) is 0 Å². The van der Waals surface area contributed by atoms with Crippen LogP contribution < -0.4 is 5.56 Å². The minimum atomic E-state index is -0.0790. The summed E-state index contributed by atoms with van der Waals surface area (Å²) in [6.07, 6.45) is 6.68. The number of rotatable bonds is 4. The molecule has 6 heteroatoms. The predicted molar refractivity (Wildman–Crippen MR) is 131 cm³/mol. The Morgan fingerprint density at radius 2 is 1.64 bits per heavy atom. The highest BCUT2D eigenvalue weighted by molar-refractivity contribution is 5.94. The Morgan fingerprint density at radius 3 is 2.36 bits per heavy atom. The van der Waals surface area contributed by atoms with Gasteiger partial charge in [-0.15, -0.1) is 0 Å². The third-order valence-electron chi connectivity index (χ3n) is 7.25. The van der Waals surface area contributed by atoms with E-state index >= 15 is 0 Å². The summed E-state index contributed by atoms with van der Waals surface area (Å²) in [4.78, 5) is 34.8. The van der Waals surface area contributed by atoms with Gasteiger partial charge in [0.15, 0.2) is 0 Å². The molecule has 2 aliphatic rings. The van der Waals surface area contributed by atoms with Crippen molar-refractivity contribution in [3.05, 3.63) is 75.7 Å². The Labute approximate surface area is 194 Å². The zero-order valence-corrected chi connectivity index (χ0v) is 19.4. The number of piperazine rings is 1. The number of aromatic nitrogens is 2. The van der Waals surface area contributed by atoms with E-state index in [0.29, 0.717) is 23.8 Å². The maximum Gasteiger partial charge on any atom is 0.272 e. The molecule has 1 aliphatic carbocycles. The number of carbonyl (C=O) groups is 1. The first-order chi connectivity index (χ1) is 16.1. The van der Waals surface area contributed by atoms with E-state index in [1.54, 1.807) is 11.5 Å². The van der Waals surface area contributed by atoms with Crippen molar-refractivity contribution < 1.29 is 4.79 Å². The van der Waals surface area contributed by atoms with Crippen molar-refractivity contribution in [2.75, 3.05) is 26.2 Å². The number of fused-ring (bicyclic) bond motifs is 1. The van der Waals surface area contributed by atoms with Crippen molar-refractivity contribution in [1.82, 2.24) is 19.4 Å². The minimum Gasteiger partial charge on any atom is -0.336 e. The highest BCUT2D eigenvalue weighted by atomic mass is 16.2. The molecule has 5 rings (SSSR count). The summed E-state index contributed by atoms with van der Waals surface area (Å²) >= 11 is 0. The molecule has 2 heterocycles. The summed E-state index contributed by atoms with van der Waals surface area (Å²) < 4.78 is 1.76. The summed E-state index contributed by atoms with van der Waals surface area (Å²) in [6, 6.07) is 16.1. The van der Waals surface area contributed by atoms with E-state index in [0.717, 1.165) is 42.8 Å². The van der Waals surface area contributed by atoms with Gasteiger partial charge >= 0.3 is 0 Å². The zero-order chi connectivity index (χ0) is 22.8. The molecule has 0 bridgehead atoms. The fourth-order valence-corrected chi connectivity index (χ4v) is 5.33. The maximum absolute atomic E-state index is 13.1. The molecule has 0 atom stereocenters. The molecule has 0 spiro atoms. The molecular weight excluding hydrogens is 412 g/mol. The Bertz CT molecular complexity index is 1190. The molecule has 1 saturated carbocycles. The van der Waals surface area contributed by atoms with Crippen LogP contribution in [0.15, 0.2) is 53.3 Å². The Morgan fingerprint density at radius 1 is 0.939 bits per heavy atom. The summed E-state index contributed by atoms with van der Waals surface area (Å²) in [5.74, 6) is 0.104. The minimum absolute atomic E-state index is 0.0790. The van der Waals surface area contributed by atoms with Crippen LogP contribution in [-0.4, -0.2) is 57.5 Å². The third kappa shape index (κ3) is 4.58. The fraction of sp³-hybridized carbons (Fsp3) is 0.444. The molecule has 0 radical (unpaired) electrons. The molecule has 2 fully saturated rings. The van der Waals surface area contributed by atoms with E-state index in [2.05, 4.69) is 9.88 Å². The first kappa shape index (κ1) is 21.8. The first-order valence-corrected chi connectivity index (χ1v) is 12.2. The number of para-hydroxylation sites is 2. The Hall–Kier alpha value is -2.99. The molecule has 1 aliphatic heterocycles. The Balaban J connectivity index is 1.26. The van der Waals surface area contributed by atoms with E-state index in [9.17, 15) is 9.59 Å². The second-order valence-corrected chi connectivity index (χ2v) is 9.39. The SMILES string of the molecule is Cc1nc2ccccc2n(Cc2ccc(C(=O)N3CCN(C4CCCCC4)CC3)cc2)c1=O. The molecule has 6 nitrogen and oxygen atoms in total. The lowest BCUT2D eigenvalue weighted by molar-refractivity contribution is 0.0523. The summed E-state index contributed by atoms with van der Waals surface area (Å²) in [5, 5.41) is 0. The van der Waals surface area contributed by atoms with Crippen LogP contribution in [0.4, 0.5) is 0 Å². The summed E-state index contributed by atoms with van der Waals surface area (Å²) in [6.45, 7) is 5.76. The highest BCUT2D eigenvalue weighted by Crippen LogP contribution is 2.24. The van der Waals surface area contributed by atoms with E-state index in [1.807, 2.05) is 53.4 Å². The maximum atomic E-state index is 13.1. The van der Waals surface area contributed by atoms with Crippen LogP contribution >= 0.6 is 0 Å². The molecule has 2 aromatic carbocycles. The fourth-order valence-electron chi connectivity index (χ4n) is 5.33. The topological polar surface area (TPSA) is 58.4 Å². The van der Waals surface area contributed by atoms with Gasteiger partial charge in [-0.05, 0) is 49.6 Å². The molecule has 0 N–H and O–H groups in total. The van der Waals surface area contributed by atoms with Gasteiger partial charge in [-0.25, -0.2) is 4.98 Å². The van der Waals surface area contributed by atoms with Gasteiger partial charge < -0.3 is 9.47 Å². The van der Waals surface area contributed by atoms with Gasteiger partial charge in [-0.2, -0.15) is 0 Å². The van der Waals surface area contributed by atoms with E-state index < -0.39 is 0 Å². The van der Waals surface area contributed by atoms with Gasteiger partial charge in [0.25, 0.3) is 11.5 Å². The second-order valence-electron chi connectivity index (χ2n) is 9.39. The van der Waals surface area contributed by atoms with Gasteiger partial charge in [-0.3, -0.25) is 14.5 Å². The Kier molecular flexibility index (Phi) is 6.27. The highest BCUT2D eigenvalue weighted by Gasteiger charge is 2.27. The van der Waals surface area contributed by atoms with Gasteiger partial charge in [-0.1, -0.05) is 43.5 Å². The number of nitrogens with zero attached hydrogens (tertiary/aromatic N) is 4. The lowest BCUT2D eigenvalue weighted by Gasteiger charge is -2.40. The summed E-state index contributed by atoms with van der Waals surface area (Å²) in [5.41, 5.74) is 3.76. The van der Waals surface area contributed by atoms with Crippen molar-refractivity contribution >= 4 is 16.9 Å². The average Bonchev–Trinajstić information content (AvgIpc) is 2.87. The number of carbonyl (C=O) groups excluding carboxylic acids is 1. The normalized spacial score (nSPS) is 18.0.